The third-order valence-corrected chi connectivity index (χ3v) is 17.7. The summed E-state index contributed by atoms with van der Waals surface area (Å²) >= 11 is 3.60. The number of aromatic nitrogens is 4. The van der Waals surface area contributed by atoms with Gasteiger partial charge < -0.3 is 8.98 Å². The summed E-state index contributed by atoms with van der Waals surface area (Å²) in [5.74, 6) is 1.85. The van der Waals surface area contributed by atoms with E-state index < -0.39 is 0 Å². The predicted molar refractivity (Wildman–Crippen MR) is 307 cm³/mol. The molecule has 0 fully saturated rings. The topological polar surface area (TPSA) is 56.7 Å². The van der Waals surface area contributed by atoms with E-state index in [0.29, 0.717) is 17.5 Å². The fourth-order valence-corrected chi connectivity index (χ4v) is 14.2. The Labute approximate surface area is 426 Å². The number of hydrogen-bond acceptors (Lipinski definition) is 6. The highest BCUT2D eigenvalue weighted by molar-refractivity contribution is 7.26. The second-order valence-corrected chi connectivity index (χ2v) is 22.1. The number of furan rings is 1. The molecule has 0 amide bonds. The normalized spacial score (nSPS) is 13.2. The van der Waals surface area contributed by atoms with Crippen LogP contribution in [0.25, 0.3) is 146 Å². The predicted octanol–water partition coefficient (Wildman–Crippen LogP) is 18.6. The monoisotopic (exact) mass is 968 g/mol. The molecule has 342 valence electrons. The van der Waals surface area contributed by atoms with Gasteiger partial charge in [0.1, 0.15) is 11.2 Å². The average Bonchev–Trinajstić information content (AvgIpc) is 4.25. The first-order valence-corrected chi connectivity index (χ1v) is 26.4. The molecular weight excluding hydrogens is 929 g/mol. The molecule has 0 N–H and O–H groups in total. The van der Waals surface area contributed by atoms with Crippen LogP contribution in [0.4, 0.5) is 0 Å². The van der Waals surface area contributed by atoms with Gasteiger partial charge in [0.15, 0.2) is 17.5 Å². The third-order valence-electron chi connectivity index (χ3n) is 15.5. The zero-order chi connectivity index (χ0) is 48.1. The molecular formula is C66H40N4OS2. The Morgan fingerprint density at radius 3 is 1.67 bits per heavy atom. The summed E-state index contributed by atoms with van der Waals surface area (Å²) in [6.07, 6.45) is 0. The van der Waals surface area contributed by atoms with Crippen LogP contribution in [-0.4, -0.2) is 19.5 Å². The first kappa shape index (κ1) is 40.9. The molecule has 5 nitrogen and oxygen atoms in total. The molecule has 0 saturated heterocycles. The van der Waals surface area contributed by atoms with Crippen molar-refractivity contribution in [1.82, 2.24) is 19.5 Å². The van der Waals surface area contributed by atoms with E-state index >= 15 is 0 Å². The molecule has 0 radical (unpaired) electrons. The zero-order valence-electron chi connectivity index (χ0n) is 39.6. The molecule has 5 aromatic heterocycles. The van der Waals surface area contributed by atoms with Gasteiger partial charge in [0.05, 0.1) is 11.0 Å². The van der Waals surface area contributed by atoms with Gasteiger partial charge in [0.25, 0.3) is 0 Å². The van der Waals surface area contributed by atoms with E-state index in [9.17, 15) is 0 Å². The maximum atomic E-state index is 6.69. The van der Waals surface area contributed by atoms with Crippen molar-refractivity contribution in [2.75, 3.05) is 0 Å². The first-order chi connectivity index (χ1) is 35.9. The van der Waals surface area contributed by atoms with Crippen LogP contribution in [0, 0.1) is 0 Å². The van der Waals surface area contributed by atoms with Gasteiger partial charge in [-0.25, -0.2) is 15.0 Å². The second kappa shape index (κ2) is 15.1. The van der Waals surface area contributed by atoms with Gasteiger partial charge in [0.2, 0.25) is 0 Å². The lowest BCUT2D eigenvalue weighted by atomic mass is 9.82. The van der Waals surface area contributed by atoms with E-state index in [1.165, 1.54) is 84.4 Å². The van der Waals surface area contributed by atoms with E-state index in [1.54, 1.807) is 22.7 Å². The third kappa shape index (κ3) is 6.04. The summed E-state index contributed by atoms with van der Waals surface area (Å²) in [7, 11) is 0. The van der Waals surface area contributed by atoms with Crippen LogP contribution in [0.2, 0.25) is 0 Å². The van der Waals surface area contributed by atoms with Crippen LogP contribution < -0.4 is 0 Å². The second-order valence-electron chi connectivity index (χ2n) is 19.9. The molecule has 0 spiro atoms. The number of thiophene rings is 2. The maximum Gasteiger partial charge on any atom is 0.164 e. The van der Waals surface area contributed by atoms with Crippen molar-refractivity contribution in [3.63, 3.8) is 0 Å². The van der Waals surface area contributed by atoms with E-state index in [0.717, 1.165) is 55.4 Å². The smallest absolute Gasteiger partial charge is 0.164 e. The van der Waals surface area contributed by atoms with Crippen molar-refractivity contribution in [1.29, 1.82) is 0 Å². The molecule has 0 aliphatic heterocycles. The molecule has 5 heterocycles. The van der Waals surface area contributed by atoms with Gasteiger partial charge in [-0.2, -0.15) is 0 Å². The Balaban J connectivity index is 0.881. The number of rotatable bonds is 5. The van der Waals surface area contributed by atoms with Crippen molar-refractivity contribution in [2.45, 2.75) is 19.3 Å². The average molecular weight is 969 g/mol. The Morgan fingerprint density at radius 2 is 0.945 bits per heavy atom. The van der Waals surface area contributed by atoms with Crippen LogP contribution in [0.3, 0.4) is 0 Å². The number of nitrogens with zero attached hydrogens (tertiary/aromatic N) is 4. The molecule has 73 heavy (non-hydrogen) atoms. The van der Waals surface area contributed by atoms with Crippen LogP contribution in [0.15, 0.2) is 211 Å². The van der Waals surface area contributed by atoms with E-state index in [2.05, 4.69) is 219 Å². The van der Waals surface area contributed by atoms with Gasteiger partial charge in [-0.15, -0.1) is 22.7 Å². The SMILES string of the molecule is CC1(C)c2ccccc2-c2cc3c(cc21)c1cc(-c2ccc4oc5cccc(-c6nc(-c7ccc8c(c7)sc7ccccc78)nc(-c7ccc8c(c7)sc7ccccc78)n6)c5c4c2)ccc1n3-c1ccccc1. The fraction of sp³-hybridized carbons (Fsp3) is 0.0455. The number of benzene rings is 10. The lowest BCUT2D eigenvalue weighted by Crippen LogP contribution is -2.14. The van der Waals surface area contributed by atoms with Gasteiger partial charge >= 0.3 is 0 Å². The first-order valence-electron chi connectivity index (χ1n) is 24.7. The lowest BCUT2D eigenvalue weighted by Gasteiger charge is -2.21. The molecule has 1 aliphatic carbocycles. The zero-order valence-corrected chi connectivity index (χ0v) is 41.3. The van der Waals surface area contributed by atoms with Crippen LogP contribution >= 0.6 is 22.7 Å². The van der Waals surface area contributed by atoms with Crippen molar-refractivity contribution >= 4 is 107 Å². The summed E-state index contributed by atoms with van der Waals surface area (Å²) in [6.45, 7) is 4.72. The van der Waals surface area contributed by atoms with Crippen LogP contribution in [-0.2, 0) is 5.41 Å². The molecule has 7 heteroatoms. The molecule has 15 aromatic rings. The maximum absolute atomic E-state index is 6.69. The summed E-state index contributed by atoms with van der Waals surface area (Å²) in [6, 6.07) is 74.7. The van der Waals surface area contributed by atoms with Crippen molar-refractivity contribution in [3.8, 4) is 62.1 Å². The Bertz CT molecular complexity index is 4710. The van der Waals surface area contributed by atoms with E-state index in [-0.39, 0.29) is 5.41 Å². The number of para-hydroxylation sites is 1. The molecule has 0 bridgehead atoms. The number of hydrogen-bond donors (Lipinski definition) is 0. The van der Waals surface area contributed by atoms with E-state index in [4.69, 9.17) is 19.4 Å². The molecule has 0 unspecified atom stereocenters. The fourth-order valence-electron chi connectivity index (χ4n) is 11.9. The molecule has 0 atom stereocenters. The minimum absolute atomic E-state index is 0.121. The molecule has 1 aliphatic rings. The largest absolute Gasteiger partial charge is 0.456 e. The highest BCUT2D eigenvalue weighted by atomic mass is 32.1. The highest BCUT2D eigenvalue weighted by Crippen LogP contribution is 2.51. The summed E-state index contributed by atoms with van der Waals surface area (Å²) in [4.78, 5) is 16.0. The molecule has 0 saturated carbocycles. The minimum Gasteiger partial charge on any atom is -0.456 e. The summed E-state index contributed by atoms with van der Waals surface area (Å²) < 4.78 is 14.0. The quantitative estimate of drug-likeness (QED) is 0.172. The van der Waals surface area contributed by atoms with Gasteiger partial charge in [-0.05, 0) is 112 Å². The molecule has 10 aromatic carbocycles. The number of fused-ring (bicyclic) bond motifs is 15. The summed E-state index contributed by atoms with van der Waals surface area (Å²) in [5.41, 5.74) is 15.4. The van der Waals surface area contributed by atoms with Crippen molar-refractivity contribution < 1.29 is 4.42 Å². The van der Waals surface area contributed by atoms with Crippen LogP contribution in [0.1, 0.15) is 25.0 Å². The van der Waals surface area contributed by atoms with E-state index in [1.807, 2.05) is 6.07 Å². The Kier molecular flexibility index (Phi) is 8.49. The lowest BCUT2D eigenvalue weighted by molar-refractivity contribution is 0.661. The molecule has 16 rings (SSSR count). The Hall–Kier alpha value is -8.75. The minimum atomic E-state index is -0.121. The van der Waals surface area contributed by atoms with Gasteiger partial charge in [0, 0.05) is 89.7 Å². The standard InChI is InChI=1S/C66H40N4OS2/c1-66(2)52-19-9-6-15-42(52)48-36-55-50(35-53(48)66)49-31-37(25-29-54(49)70(55)41-13-4-3-5-14-41)38-26-30-56-51(32-38)62-47(18-12-20-57(62)71-56)65-68-63(39-23-27-45-43-16-7-10-21-58(43)72-60(45)33-39)67-64(69-65)40-24-28-46-44-17-8-11-22-59(44)73-61(46)34-40/h3-36H,1-2H3. The Morgan fingerprint density at radius 1 is 0.370 bits per heavy atom. The highest BCUT2D eigenvalue weighted by Gasteiger charge is 2.36. The van der Waals surface area contributed by atoms with Gasteiger partial charge in [-0.3, -0.25) is 0 Å². The van der Waals surface area contributed by atoms with Crippen molar-refractivity contribution in [2.24, 2.45) is 0 Å². The summed E-state index contributed by atoms with van der Waals surface area (Å²) in [5, 5.41) is 9.44. The van der Waals surface area contributed by atoms with Crippen LogP contribution in [0.5, 0.6) is 0 Å². The van der Waals surface area contributed by atoms with Gasteiger partial charge in [-0.1, -0.05) is 141 Å². The van der Waals surface area contributed by atoms with Crippen molar-refractivity contribution in [3.05, 3.63) is 217 Å².